The lowest BCUT2D eigenvalue weighted by Crippen LogP contribution is -2.11. The molecule has 2 heterocycles. The van der Waals surface area contributed by atoms with Crippen LogP contribution in [-0.2, 0) is 0 Å². The summed E-state index contributed by atoms with van der Waals surface area (Å²) in [6.45, 7) is 0. The van der Waals surface area contributed by atoms with E-state index in [0.29, 0.717) is 0 Å². The monoisotopic (exact) mass is 878 g/mol. The zero-order valence-corrected chi connectivity index (χ0v) is 37.6. The number of aromatic nitrogens is 1. The largest absolute Gasteiger partial charge is 0.455 e. The highest BCUT2D eigenvalue weighted by molar-refractivity contribution is 6.20. The molecular weight excluding hydrogens is 837 g/mol. The van der Waals surface area contributed by atoms with Gasteiger partial charge in [0.25, 0.3) is 0 Å². The molecule has 0 saturated heterocycles. The third-order valence-electron chi connectivity index (χ3n) is 14.2. The molecule has 14 aromatic rings. The van der Waals surface area contributed by atoms with Gasteiger partial charge in [-0.2, -0.15) is 0 Å². The van der Waals surface area contributed by atoms with Crippen LogP contribution in [0.4, 0.5) is 17.1 Å². The second kappa shape index (κ2) is 15.7. The van der Waals surface area contributed by atoms with Crippen molar-refractivity contribution in [2.75, 3.05) is 4.90 Å². The zero-order chi connectivity index (χ0) is 45.4. The van der Waals surface area contributed by atoms with E-state index < -0.39 is 0 Å². The SMILES string of the molecule is c1ccc(N(c2ccc(-c3ccc4c(ccc5ccccc54)c3)cc2)c2ccc(-c3ccccc3-n3c4ccccc4c4ccccc43)cc2)c(-c2cccc3oc4c5ccccc5ccc4c23)c1. The van der Waals surface area contributed by atoms with Gasteiger partial charge < -0.3 is 13.9 Å². The number of para-hydroxylation sites is 4. The van der Waals surface area contributed by atoms with Crippen molar-refractivity contribution in [1.29, 1.82) is 0 Å². The summed E-state index contributed by atoms with van der Waals surface area (Å²) in [6.07, 6.45) is 0. The molecule has 2 aromatic heterocycles. The lowest BCUT2D eigenvalue weighted by molar-refractivity contribution is 0.673. The van der Waals surface area contributed by atoms with E-state index in [4.69, 9.17) is 4.42 Å². The van der Waals surface area contributed by atoms with Crippen LogP contribution >= 0.6 is 0 Å². The fourth-order valence-electron chi connectivity index (χ4n) is 11.0. The molecule has 0 radical (unpaired) electrons. The zero-order valence-electron chi connectivity index (χ0n) is 37.6. The van der Waals surface area contributed by atoms with Crippen LogP contribution in [0.25, 0.3) is 115 Å². The van der Waals surface area contributed by atoms with Crippen LogP contribution in [0.15, 0.2) is 259 Å². The highest BCUT2D eigenvalue weighted by atomic mass is 16.3. The predicted molar refractivity (Wildman–Crippen MR) is 292 cm³/mol. The number of anilines is 3. The third-order valence-corrected chi connectivity index (χ3v) is 14.2. The molecule has 0 amide bonds. The van der Waals surface area contributed by atoms with Gasteiger partial charge in [-0.3, -0.25) is 0 Å². The van der Waals surface area contributed by atoms with Gasteiger partial charge in [0.1, 0.15) is 11.2 Å². The summed E-state index contributed by atoms with van der Waals surface area (Å²) in [5.74, 6) is 0. The summed E-state index contributed by atoms with van der Waals surface area (Å²) >= 11 is 0. The van der Waals surface area contributed by atoms with E-state index in [1.165, 1.54) is 65.4 Å². The van der Waals surface area contributed by atoms with Crippen molar-refractivity contribution in [3.63, 3.8) is 0 Å². The lowest BCUT2D eigenvalue weighted by Gasteiger charge is -2.28. The summed E-state index contributed by atoms with van der Waals surface area (Å²) in [5, 5.41) is 12.0. The Kier molecular flexibility index (Phi) is 8.90. The number of rotatable bonds is 7. The van der Waals surface area contributed by atoms with Crippen molar-refractivity contribution in [2.24, 2.45) is 0 Å². The minimum Gasteiger partial charge on any atom is -0.455 e. The molecule has 0 spiro atoms. The maximum atomic E-state index is 6.72. The molecule has 0 aliphatic heterocycles. The summed E-state index contributed by atoms with van der Waals surface area (Å²) in [7, 11) is 0. The van der Waals surface area contributed by atoms with Gasteiger partial charge in [0.05, 0.1) is 22.4 Å². The molecule has 0 atom stereocenters. The summed E-state index contributed by atoms with van der Waals surface area (Å²) < 4.78 is 9.14. The van der Waals surface area contributed by atoms with Gasteiger partial charge >= 0.3 is 0 Å². The molecule has 0 aliphatic carbocycles. The maximum Gasteiger partial charge on any atom is 0.143 e. The molecule has 0 fully saturated rings. The van der Waals surface area contributed by atoms with Crippen LogP contribution in [0.5, 0.6) is 0 Å². The summed E-state index contributed by atoms with van der Waals surface area (Å²) in [5.41, 5.74) is 15.4. The standard InChI is InChI=1S/C66H42N2O/c1-3-16-51-44(14-1)28-29-48-42-47(35-40-52(48)51)43-30-36-49(37-31-43)67(61-24-10-8-21-57(61)58-22-13-27-64-65(58)59-41-34-45-15-2-4-18-54(45)66(59)69-64)50-38-32-46(33-39-50)53-17-5-9-23-60(53)68-62-25-11-6-19-55(62)56-20-7-12-26-63(56)68/h1-42H. The molecule has 69 heavy (non-hydrogen) atoms. The quantitative estimate of drug-likeness (QED) is 0.149. The molecule has 3 heteroatoms. The van der Waals surface area contributed by atoms with Crippen molar-refractivity contribution in [3.8, 4) is 39.1 Å². The fourth-order valence-corrected chi connectivity index (χ4v) is 11.0. The number of fused-ring (bicyclic) bond motifs is 11. The molecule has 0 saturated carbocycles. The third kappa shape index (κ3) is 6.29. The first-order valence-corrected chi connectivity index (χ1v) is 23.7. The molecule has 322 valence electrons. The topological polar surface area (TPSA) is 21.3 Å². The molecule has 12 aromatic carbocycles. The Hall–Kier alpha value is -9.18. The van der Waals surface area contributed by atoms with Crippen molar-refractivity contribution in [3.05, 3.63) is 255 Å². The van der Waals surface area contributed by atoms with E-state index in [0.717, 1.165) is 66.8 Å². The van der Waals surface area contributed by atoms with E-state index in [-0.39, 0.29) is 0 Å². The fraction of sp³-hybridized carbons (Fsp3) is 0. The number of hydrogen-bond acceptors (Lipinski definition) is 2. The van der Waals surface area contributed by atoms with Gasteiger partial charge in [0.15, 0.2) is 0 Å². The van der Waals surface area contributed by atoms with Gasteiger partial charge in [0.2, 0.25) is 0 Å². The molecule has 0 N–H and O–H groups in total. The normalized spacial score (nSPS) is 11.8. The molecular formula is C66H42N2O. The van der Waals surface area contributed by atoms with Crippen LogP contribution in [0.3, 0.4) is 0 Å². The van der Waals surface area contributed by atoms with E-state index in [2.05, 4.69) is 264 Å². The average molecular weight is 879 g/mol. The maximum absolute atomic E-state index is 6.72. The molecule has 3 nitrogen and oxygen atoms in total. The first-order chi connectivity index (χ1) is 34.2. The highest BCUT2D eigenvalue weighted by Crippen LogP contribution is 2.47. The van der Waals surface area contributed by atoms with E-state index in [9.17, 15) is 0 Å². The Bertz CT molecular complexity index is 4260. The molecule has 0 aliphatic rings. The number of nitrogens with zero attached hydrogens (tertiary/aromatic N) is 2. The Balaban J connectivity index is 0.923. The molecule has 0 unspecified atom stereocenters. The Morgan fingerprint density at radius 1 is 0.319 bits per heavy atom. The Labute approximate surface area is 399 Å². The van der Waals surface area contributed by atoms with Crippen molar-refractivity contribution in [1.82, 2.24) is 4.57 Å². The van der Waals surface area contributed by atoms with Gasteiger partial charge in [-0.15, -0.1) is 0 Å². The lowest BCUT2D eigenvalue weighted by atomic mass is 9.95. The first-order valence-electron chi connectivity index (χ1n) is 23.7. The van der Waals surface area contributed by atoms with Crippen molar-refractivity contribution < 1.29 is 4.42 Å². The van der Waals surface area contributed by atoms with E-state index >= 15 is 0 Å². The number of furan rings is 1. The first kappa shape index (κ1) is 39.0. The molecule has 0 bridgehead atoms. The minimum absolute atomic E-state index is 0.874. The van der Waals surface area contributed by atoms with Gasteiger partial charge in [-0.25, -0.2) is 0 Å². The number of hydrogen-bond donors (Lipinski definition) is 0. The van der Waals surface area contributed by atoms with E-state index in [1.54, 1.807) is 0 Å². The van der Waals surface area contributed by atoms with Crippen LogP contribution in [0.2, 0.25) is 0 Å². The van der Waals surface area contributed by atoms with Crippen molar-refractivity contribution in [2.45, 2.75) is 0 Å². The Morgan fingerprint density at radius 2 is 0.841 bits per heavy atom. The molecule has 14 rings (SSSR count). The van der Waals surface area contributed by atoms with Gasteiger partial charge in [0, 0.05) is 49.4 Å². The van der Waals surface area contributed by atoms with Crippen LogP contribution < -0.4 is 4.90 Å². The van der Waals surface area contributed by atoms with Crippen LogP contribution in [0.1, 0.15) is 0 Å². The second-order valence-corrected chi connectivity index (χ2v) is 18.0. The predicted octanol–water partition coefficient (Wildman–Crippen LogP) is 18.6. The van der Waals surface area contributed by atoms with E-state index in [1.807, 2.05) is 0 Å². The second-order valence-electron chi connectivity index (χ2n) is 18.0. The van der Waals surface area contributed by atoms with Gasteiger partial charge in [-0.05, 0) is 116 Å². The van der Waals surface area contributed by atoms with Gasteiger partial charge in [-0.1, -0.05) is 188 Å². The Morgan fingerprint density at radius 3 is 1.59 bits per heavy atom. The minimum atomic E-state index is 0.874. The van der Waals surface area contributed by atoms with Crippen LogP contribution in [0, 0.1) is 0 Å². The summed E-state index contributed by atoms with van der Waals surface area (Å²) in [6, 6.07) is 92.5. The average Bonchev–Trinajstić information content (AvgIpc) is 3.98. The summed E-state index contributed by atoms with van der Waals surface area (Å²) in [4.78, 5) is 2.41. The smallest absolute Gasteiger partial charge is 0.143 e. The highest BCUT2D eigenvalue weighted by Gasteiger charge is 2.22. The van der Waals surface area contributed by atoms with Crippen molar-refractivity contribution >= 4 is 93.1 Å². The van der Waals surface area contributed by atoms with Crippen LogP contribution in [-0.4, -0.2) is 4.57 Å². The number of benzene rings is 12.